The van der Waals surface area contributed by atoms with Crippen molar-refractivity contribution in [2.24, 2.45) is 0 Å². The van der Waals surface area contributed by atoms with Gasteiger partial charge in [-0.25, -0.2) is 4.79 Å². The summed E-state index contributed by atoms with van der Waals surface area (Å²) < 4.78 is 5.32. The van der Waals surface area contributed by atoms with Gasteiger partial charge in [-0.1, -0.05) is 6.92 Å². The van der Waals surface area contributed by atoms with Crippen molar-refractivity contribution in [2.75, 3.05) is 19.7 Å². The molecule has 0 fully saturated rings. The smallest absolute Gasteiger partial charge is 0.326 e. The Morgan fingerprint density at radius 2 is 1.90 bits per heavy atom. The van der Waals surface area contributed by atoms with Crippen LogP contribution in [0.5, 0.6) is 0 Å². The molecule has 20 heavy (non-hydrogen) atoms. The lowest BCUT2D eigenvalue weighted by molar-refractivity contribution is -0.152. The first kappa shape index (κ1) is 18.4. The largest absolute Gasteiger partial charge is 0.480 e. The lowest BCUT2D eigenvalue weighted by Gasteiger charge is -2.27. The van der Waals surface area contributed by atoms with Crippen LogP contribution in [0.15, 0.2) is 0 Å². The predicted octanol–water partition coefficient (Wildman–Crippen LogP) is 0.239. The van der Waals surface area contributed by atoms with Crippen LogP contribution in [0, 0.1) is 0 Å². The maximum Gasteiger partial charge on any atom is 0.326 e. The first-order chi connectivity index (χ1) is 9.29. The fraction of sp³-hybridized carbons (Fsp3) is 0.769. The molecule has 0 spiro atoms. The summed E-state index contributed by atoms with van der Waals surface area (Å²) in [6.45, 7) is 6.75. The normalized spacial score (nSPS) is 13.4. The van der Waals surface area contributed by atoms with E-state index in [2.05, 4.69) is 5.32 Å². The predicted molar refractivity (Wildman–Crippen MR) is 73.2 cm³/mol. The molecule has 7 heteroatoms. The average molecular weight is 288 g/mol. The van der Waals surface area contributed by atoms with Gasteiger partial charge >= 0.3 is 5.97 Å². The van der Waals surface area contributed by atoms with Crippen LogP contribution in [0.4, 0.5) is 0 Å². The number of nitrogens with one attached hydrogen (secondary N) is 1. The van der Waals surface area contributed by atoms with Crippen LogP contribution in [0.25, 0.3) is 0 Å². The number of aliphatic carboxylic acids is 1. The molecular formula is C13H24N2O5. The first-order valence-electron chi connectivity index (χ1n) is 6.67. The van der Waals surface area contributed by atoms with Crippen LogP contribution >= 0.6 is 0 Å². The van der Waals surface area contributed by atoms with Gasteiger partial charge < -0.3 is 20.1 Å². The molecule has 7 nitrogen and oxygen atoms in total. The number of carbonyl (C=O) groups is 3. The van der Waals surface area contributed by atoms with Crippen LogP contribution in [-0.4, -0.2) is 59.6 Å². The highest BCUT2D eigenvalue weighted by Crippen LogP contribution is 2.03. The van der Waals surface area contributed by atoms with E-state index in [0.717, 1.165) is 6.42 Å². The van der Waals surface area contributed by atoms with Crippen LogP contribution in [0.3, 0.4) is 0 Å². The molecule has 0 aromatic carbocycles. The molecule has 2 N–H and O–H groups in total. The molecule has 0 aromatic heterocycles. The van der Waals surface area contributed by atoms with E-state index in [9.17, 15) is 14.4 Å². The van der Waals surface area contributed by atoms with Crippen LogP contribution in [0.1, 0.15) is 34.1 Å². The zero-order chi connectivity index (χ0) is 15.7. The molecule has 0 radical (unpaired) electrons. The Labute approximate surface area is 119 Å². The van der Waals surface area contributed by atoms with Crippen LogP contribution < -0.4 is 5.32 Å². The third-order valence-electron chi connectivity index (χ3n) is 2.94. The molecule has 2 unspecified atom stereocenters. The Bertz CT molecular complexity index is 346. The van der Waals surface area contributed by atoms with E-state index < -0.39 is 17.9 Å². The lowest BCUT2D eigenvalue weighted by atomic mass is 10.2. The van der Waals surface area contributed by atoms with Crippen molar-refractivity contribution in [3.05, 3.63) is 0 Å². The van der Waals surface area contributed by atoms with Crippen molar-refractivity contribution in [2.45, 2.75) is 46.3 Å². The van der Waals surface area contributed by atoms with E-state index in [1.165, 1.54) is 18.7 Å². The number of hydrogen-bond acceptors (Lipinski definition) is 4. The molecule has 2 amide bonds. The average Bonchev–Trinajstić information content (AvgIpc) is 2.39. The van der Waals surface area contributed by atoms with E-state index >= 15 is 0 Å². The van der Waals surface area contributed by atoms with Crippen molar-refractivity contribution >= 4 is 17.8 Å². The number of carbonyl (C=O) groups excluding carboxylic acids is 2. The topological polar surface area (TPSA) is 95.9 Å². The molecule has 0 saturated heterocycles. The molecule has 0 aliphatic heterocycles. The van der Waals surface area contributed by atoms with Crippen molar-refractivity contribution in [3.8, 4) is 0 Å². The summed E-state index contributed by atoms with van der Waals surface area (Å²) in [5.41, 5.74) is 0. The van der Waals surface area contributed by atoms with Gasteiger partial charge in [-0.05, 0) is 20.3 Å². The Balaban J connectivity index is 4.53. The summed E-state index contributed by atoms with van der Waals surface area (Å²) in [7, 11) is 0. The first-order valence-corrected chi connectivity index (χ1v) is 6.67. The number of ether oxygens (including phenoxy) is 1. The van der Waals surface area contributed by atoms with Gasteiger partial charge in [-0.15, -0.1) is 0 Å². The highest BCUT2D eigenvalue weighted by molar-refractivity contribution is 5.84. The van der Waals surface area contributed by atoms with E-state index in [-0.39, 0.29) is 31.7 Å². The monoisotopic (exact) mass is 288 g/mol. The second-order valence-corrected chi connectivity index (χ2v) is 4.61. The zero-order valence-electron chi connectivity index (χ0n) is 12.5. The van der Waals surface area contributed by atoms with E-state index in [1.807, 2.05) is 13.8 Å². The van der Waals surface area contributed by atoms with Crippen molar-refractivity contribution in [1.29, 1.82) is 0 Å². The van der Waals surface area contributed by atoms with Gasteiger partial charge in [0, 0.05) is 20.0 Å². The van der Waals surface area contributed by atoms with Crippen molar-refractivity contribution < 1.29 is 24.2 Å². The summed E-state index contributed by atoms with van der Waals surface area (Å²) in [5, 5.41) is 11.5. The molecule has 0 aliphatic rings. The fourth-order valence-corrected chi connectivity index (χ4v) is 1.43. The van der Waals surface area contributed by atoms with Crippen molar-refractivity contribution in [1.82, 2.24) is 10.2 Å². The molecule has 0 heterocycles. The lowest BCUT2D eigenvalue weighted by Crippen LogP contribution is -2.48. The van der Waals surface area contributed by atoms with Gasteiger partial charge in [0.2, 0.25) is 11.8 Å². The maximum absolute atomic E-state index is 12.0. The Morgan fingerprint density at radius 3 is 2.35 bits per heavy atom. The second kappa shape index (κ2) is 9.30. The summed E-state index contributed by atoms with van der Waals surface area (Å²) >= 11 is 0. The van der Waals surface area contributed by atoms with Crippen LogP contribution in [-0.2, 0) is 19.1 Å². The molecular weight excluding hydrogens is 264 g/mol. The van der Waals surface area contributed by atoms with E-state index in [0.29, 0.717) is 0 Å². The summed E-state index contributed by atoms with van der Waals surface area (Å²) in [4.78, 5) is 35.0. The molecule has 0 aliphatic carbocycles. The summed E-state index contributed by atoms with van der Waals surface area (Å²) in [6.07, 6.45) is 0.712. The van der Waals surface area contributed by atoms with E-state index in [4.69, 9.17) is 9.84 Å². The number of nitrogens with zero attached hydrogens (tertiary/aromatic N) is 1. The van der Waals surface area contributed by atoms with Gasteiger partial charge in [0.15, 0.2) is 0 Å². The zero-order valence-corrected chi connectivity index (χ0v) is 12.5. The molecule has 0 bridgehead atoms. The highest BCUT2D eigenvalue weighted by atomic mass is 16.5. The Kier molecular flexibility index (Phi) is 8.54. The Hall–Kier alpha value is -1.63. The molecule has 2 atom stereocenters. The van der Waals surface area contributed by atoms with E-state index in [1.54, 1.807) is 0 Å². The quantitative estimate of drug-likeness (QED) is 0.633. The van der Waals surface area contributed by atoms with Gasteiger partial charge in [-0.2, -0.15) is 0 Å². The number of carboxylic acids is 1. The third kappa shape index (κ3) is 7.08. The number of hydrogen-bond donors (Lipinski definition) is 2. The van der Waals surface area contributed by atoms with Gasteiger partial charge in [0.1, 0.15) is 12.6 Å². The molecule has 0 aromatic rings. The van der Waals surface area contributed by atoms with Crippen molar-refractivity contribution in [3.63, 3.8) is 0 Å². The summed E-state index contributed by atoms with van der Waals surface area (Å²) in [5.74, 6) is -1.72. The summed E-state index contributed by atoms with van der Waals surface area (Å²) in [6, 6.07) is -0.961. The molecule has 0 saturated carbocycles. The minimum atomic E-state index is -1.09. The minimum absolute atomic E-state index is 0.0590. The minimum Gasteiger partial charge on any atom is -0.480 e. The fourth-order valence-electron chi connectivity index (χ4n) is 1.43. The molecule has 116 valence electrons. The number of amides is 2. The standard InChI is InChI=1S/C13H24N2O5/c1-5-9(2)20-8-12(17)15(10(3)13(18)19)7-6-14-11(4)16/h9-10H,5-8H2,1-4H3,(H,14,16)(H,18,19). The second-order valence-electron chi connectivity index (χ2n) is 4.61. The molecule has 0 rings (SSSR count). The van der Waals surface area contributed by atoms with Gasteiger partial charge in [-0.3, -0.25) is 9.59 Å². The van der Waals surface area contributed by atoms with Crippen LogP contribution in [0.2, 0.25) is 0 Å². The highest BCUT2D eigenvalue weighted by Gasteiger charge is 2.25. The number of carboxylic acid groups (broad SMARTS) is 1. The van der Waals surface area contributed by atoms with Gasteiger partial charge in [0.05, 0.1) is 6.10 Å². The van der Waals surface area contributed by atoms with Gasteiger partial charge in [0.25, 0.3) is 0 Å². The maximum atomic E-state index is 12.0. The third-order valence-corrected chi connectivity index (χ3v) is 2.94. The Morgan fingerprint density at radius 1 is 1.30 bits per heavy atom. The number of rotatable bonds is 9. The SMILES string of the molecule is CCC(C)OCC(=O)N(CCNC(C)=O)C(C)C(=O)O.